The van der Waals surface area contributed by atoms with Crippen molar-refractivity contribution in [2.75, 3.05) is 13.3 Å². The lowest BCUT2D eigenvalue weighted by Crippen LogP contribution is -2.34. The van der Waals surface area contributed by atoms with E-state index < -0.39 is 5.97 Å². The molecule has 1 aliphatic heterocycles. The predicted molar refractivity (Wildman–Crippen MR) is 87.5 cm³/mol. The summed E-state index contributed by atoms with van der Waals surface area (Å²) in [6.07, 6.45) is 11.5. The normalized spacial score (nSPS) is 16.3. The minimum Gasteiger partial charge on any atom is -0.481 e. The van der Waals surface area contributed by atoms with E-state index >= 15 is 0 Å². The molecule has 0 aromatic heterocycles. The van der Waals surface area contributed by atoms with Crippen LogP contribution in [0.1, 0.15) is 85.0 Å². The van der Waals surface area contributed by atoms with E-state index in [0.717, 1.165) is 19.4 Å². The zero-order valence-corrected chi connectivity index (χ0v) is 14.2. The lowest BCUT2D eigenvalue weighted by molar-refractivity contribution is -0.137. The highest BCUT2D eigenvalue weighted by atomic mass is 16.5. The summed E-state index contributed by atoms with van der Waals surface area (Å²) >= 11 is 0. The van der Waals surface area contributed by atoms with Crippen LogP contribution in [-0.4, -0.2) is 30.0 Å². The molecule has 0 aliphatic carbocycles. The second-order valence-corrected chi connectivity index (χ2v) is 6.53. The maximum absolute atomic E-state index is 10.2. The standard InChI is InChI=1S/C12H24O2.C5H11NO/c1-2-3-4-5-6-7-8-9-10-11-12(13)14;1-5(2)3-7-4-6-5/h2-11H2,1H3,(H,13,14);6H,3-4H2,1-2H3. The molecule has 1 rings (SSSR count). The first kappa shape index (κ1) is 20.4. The molecule has 0 amide bonds. The summed E-state index contributed by atoms with van der Waals surface area (Å²) < 4.78 is 5.05. The number of hydrogen-bond donors (Lipinski definition) is 2. The van der Waals surface area contributed by atoms with E-state index in [0.29, 0.717) is 13.2 Å². The van der Waals surface area contributed by atoms with Crippen LogP contribution in [0.5, 0.6) is 0 Å². The number of carboxylic acid groups (broad SMARTS) is 1. The van der Waals surface area contributed by atoms with Gasteiger partial charge in [-0.05, 0) is 20.3 Å². The largest absolute Gasteiger partial charge is 0.481 e. The Hall–Kier alpha value is -0.610. The van der Waals surface area contributed by atoms with Crippen LogP contribution >= 0.6 is 0 Å². The first-order valence-corrected chi connectivity index (χ1v) is 8.52. The maximum Gasteiger partial charge on any atom is 0.303 e. The number of rotatable bonds is 10. The van der Waals surface area contributed by atoms with Crippen molar-refractivity contribution in [1.82, 2.24) is 5.32 Å². The molecule has 126 valence electrons. The second kappa shape index (κ2) is 13.1. The average Bonchev–Trinajstić information content (AvgIpc) is 2.82. The van der Waals surface area contributed by atoms with Crippen LogP contribution in [-0.2, 0) is 9.53 Å². The molecular weight excluding hydrogens is 266 g/mol. The van der Waals surface area contributed by atoms with Crippen molar-refractivity contribution < 1.29 is 14.6 Å². The van der Waals surface area contributed by atoms with E-state index in [4.69, 9.17) is 9.84 Å². The Morgan fingerprint density at radius 3 is 1.90 bits per heavy atom. The highest BCUT2D eigenvalue weighted by Gasteiger charge is 2.21. The first-order valence-electron chi connectivity index (χ1n) is 8.52. The van der Waals surface area contributed by atoms with Crippen LogP contribution < -0.4 is 5.32 Å². The van der Waals surface area contributed by atoms with Crippen molar-refractivity contribution >= 4 is 5.97 Å². The third-order valence-corrected chi connectivity index (χ3v) is 3.61. The van der Waals surface area contributed by atoms with Gasteiger partial charge in [-0.1, -0.05) is 58.3 Å². The topological polar surface area (TPSA) is 58.6 Å². The Bertz CT molecular complexity index is 246. The van der Waals surface area contributed by atoms with Gasteiger partial charge < -0.3 is 9.84 Å². The Kier molecular flexibility index (Phi) is 12.7. The van der Waals surface area contributed by atoms with Gasteiger partial charge in [0.15, 0.2) is 0 Å². The fourth-order valence-electron chi connectivity index (χ4n) is 2.19. The van der Waals surface area contributed by atoms with Crippen molar-refractivity contribution in [3.05, 3.63) is 0 Å². The molecule has 4 nitrogen and oxygen atoms in total. The van der Waals surface area contributed by atoms with Crippen molar-refractivity contribution in [1.29, 1.82) is 0 Å². The van der Waals surface area contributed by atoms with Crippen LogP contribution in [0.25, 0.3) is 0 Å². The molecule has 1 fully saturated rings. The van der Waals surface area contributed by atoms with Crippen LogP contribution in [0.3, 0.4) is 0 Å². The Labute approximate surface area is 130 Å². The van der Waals surface area contributed by atoms with Crippen molar-refractivity contribution in [3.8, 4) is 0 Å². The lowest BCUT2D eigenvalue weighted by Gasteiger charge is -2.12. The number of carbonyl (C=O) groups is 1. The van der Waals surface area contributed by atoms with Gasteiger partial charge in [0.2, 0.25) is 0 Å². The van der Waals surface area contributed by atoms with Gasteiger partial charge in [0.05, 0.1) is 13.3 Å². The Morgan fingerprint density at radius 2 is 1.57 bits per heavy atom. The van der Waals surface area contributed by atoms with Crippen LogP contribution in [0.2, 0.25) is 0 Å². The molecule has 1 heterocycles. The third-order valence-electron chi connectivity index (χ3n) is 3.61. The van der Waals surface area contributed by atoms with Crippen molar-refractivity contribution in [3.63, 3.8) is 0 Å². The van der Waals surface area contributed by atoms with Gasteiger partial charge in [-0.25, -0.2) is 0 Å². The van der Waals surface area contributed by atoms with E-state index in [1.54, 1.807) is 0 Å². The van der Waals surface area contributed by atoms with E-state index in [1.807, 2.05) is 0 Å². The monoisotopic (exact) mass is 301 g/mol. The second-order valence-electron chi connectivity index (χ2n) is 6.53. The van der Waals surface area contributed by atoms with Gasteiger partial charge in [0.25, 0.3) is 0 Å². The maximum atomic E-state index is 10.2. The number of carboxylic acids is 1. The summed E-state index contributed by atoms with van der Waals surface area (Å²) in [6, 6.07) is 0. The smallest absolute Gasteiger partial charge is 0.303 e. The van der Waals surface area contributed by atoms with Crippen molar-refractivity contribution in [2.45, 2.75) is 90.5 Å². The molecule has 0 aromatic rings. The van der Waals surface area contributed by atoms with E-state index in [1.165, 1.54) is 44.9 Å². The summed E-state index contributed by atoms with van der Waals surface area (Å²) in [6.45, 7) is 8.03. The molecule has 0 aromatic carbocycles. The summed E-state index contributed by atoms with van der Waals surface area (Å²) in [5.41, 5.74) is 0.222. The highest BCUT2D eigenvalue weighted by Crippen LogP contribution is 2.10. The molecule has 0 spiro atoms. The van der Waals surface area contributed by atoms with Gasteiger partial charge in [0, 0.05) is 12.0 Å². The van der Waals surface area contributed by atoms with Crippen molar-refractivity contribution in [2.24, 2.45) is 0 Å². The molecule has 0 atom stereocenters. The van der Waals surface area contributed by atoms with E-state index in [9.17, 15) is 4.79 Å². The molecule has 2 N–H and O–H groups in total. The van der Waals surface area contributed by atoms with Crippen LogP contribution in [0, 0.1) is 0 Å². The predicted octanol–water partition coefficient (Wildman–Crippen LogP) is 4.33. The zero-order chi connectivity index (χ0) is 16.0. The van der Waals surface area contributed by atoms with Gasteiger partial charge in [-0.3, -0.25) is 10.1 Å². The van der Waals surface area contributed by atoms with Crippen LogP contribution in [0.15, 0.2) is 0 Å². The molecule has 0 radical (unpaired) electrons. The summed E-state index contributed by atoms with van der Waals surface area (Å²) in [4.78, 5) is 10.2. The molecule has 0 unspecified atom stereocenters. The van der Waals surface area contributed by atoms with E-state index in [2.05, 4.69) is 26.1 Å². The molecular formula is C17H35NO3. The van der Waals surface area contributed by atoms with Gasteiger partial charge >= 0.3 is 5.97 Å². The quantitative estimate of drug-likeness (QED) is 0.589. The van der Waals surface area contributed by atoms with Gasteiger partial charge in [-0.15, -0.1) is 0 Å². The number of ether oxygens (including phenoxy) is 1. The average molecular weight is 301 g/mol. The SMILES string of the molecule is CC1(C)COCN1.CCCCCCCCCCCC(=O)O. The summed E-state index contributed by atoms with van der Waals surface area (Å²) in [5.74, 6) is -0.659. The fraction of sp³-hybridized carbons (Fsp3) is 0.941. The van der Waals surface area contributed by atoms with E-state index in [-0.39, 0.29) is 5.54 Å². The highest BCUT2D eigenvalue weighted by molar-refractivity contribution is 5.66. The minimum atomic E-state index is -0.659. The first-order chi connectivity index (χ1) is 9.98. The lowest BCUT2D eigenvalue weighted by atomic mass is 10.1. The summed E-state index contributed by atoms with van der Waals surface area (Å²) in [7, 11) is 0. The number of unbranched alkanes of at least 4 members (excludes halogenated alkanes) is 8. The van der Waals surface area contributed by atoms with Gasteiger partial charge in [0.1, 0.15) is 0 Å². The molecule has 21 heavy (non-hydrogen) atoms. The third kappa shape index (κ3) is 15.6. The zero-order valence-electron chi connectivity index (χ0n) is 14.2. The van der Waals surface area contributed by atoms with Crippen LogP contribution in [0.4, 0.5) is 0 Å². The Morgan fingerprint density at radius 1 is 1.05 bits per heavy atom. The number of aliphatic carboxylic acids is 1. The number of hydrogen-bond acceptors (Lipinski definition) is 3. The molecule has 4 heteroatoms. The fourth-order valence-corrected chi connectivity index (χ4v) is 2.19. The van der Waals surface area contributed by atoms with Gasteiger partial charge in [-0.2, -0.15) is 0 Å². The summed E-state index contributed by atoms with van der Waals surface area (Å²) in [5, 5.41) is 11.6. The molecule has 1 aliphatic rings. The molecule has 1 saturated heterocycles. The molecule has 0 saturated carbocycles. The Balaban J connectivity index is 0.000000471. The number of nitrogens with one attached hydrogen (secondary N) is 1. The minimum absolute atomic E-state index is 0.222. The molecule has 0 bridgehead atoms.